The molecule has 5 rings (SSSR count). The minimum Gasteiger partial charge on any atom is -0.481 e. The molecule has 3 heterocycles. The number of aromatic amines is 2. The molecule has 0 spiro atoms. The summed E-state index contributed by atoms with van der Waals surface area (Å²) in [5.41, 5.74) is 9.60. The summed E-state index contributed by atoms with van der Waals surface area (Å²) in [4.78, 5) is 71.3. The summed E-state index contributed by atoms with van der Waals surface area (Å²) in [7, 11) is 0. The number of carboxylic acid groups (broad SMARTS) is 2. The molecule has 45 heavy (non-hydrogen) atoms. The number of carbonyl (C=O) groups is 5. The van der Waals surface area contributed by atoms with Gasteiger partial charge in [-0.15, -0.1) is 0 Å². The van der Waals surface area contributed by atoms with E-state index >= 15 is 0 Å². The van der Waals surface area contributed by atoms with E-state index in [1.54, 1.807) is 12.4 Å². The maximum absolute atomic E-state index is 13.5. The molecule has 13 nitrogen and oxygen atoms in total. The van der Waals surface area contributed by atoms with E-state index in [9.17, 15) is 34.2 Å². The monoisotopic (exact) mass is 616 g/mol. The molecule has 0 bridgehead atoms. The minimum atomic E-state index is -1.34. The van der Waals surface area contributed by atoms with Crippen molar-refractivity contribution in [2.45, 2.75) is 62.7 Å². The molecule has 0 radical (unpaired) electrons. The van der Waals surface area contributed by atoms with Gasteiger partial charge in [-0.25, -0.2) is 4.79 Å². The summed E-state index contributed by atoms with van der Waals surface area (Å²) in [6.45, 7) is 0.302. The van der Waals surface area contributed by atoms with Crippen LogP contribution < -0.4 is 16.4 Å². The van der Waals surface area contributed by atoms with Gasteiger partial charge in [0.2, 0.25) is 17.7 Å². The molecular formula is C32H36N6O7. The summed E-state index contributed by atoms with van der Waals surface area (Å²) in [6.07, 6.45) is 3.86. The number of likely N-dealkylation sites (tertiary alicyclic amines) is 1. The van der Waals surface area contributed by atoms with Crippen molar-refractivity contribution in [3.63, 3.8) is 0 Å². The smallest absolute Gasteiger partial charge is 0.326 e. The van der Waals surface area contributed by atoms with Crippen molar-refractivity contribution >= 4 is 51.5 Å². The Labute approximate surface area is 258 Å². The van der Waals surface area contributed by atoms with Crippen LogP contribution in [0.15, 0.2) is 60.9 Å². The third-order valence-corrected chi connectivity index (χ3v) is 8.26. The second-order valence-corrected chi connectivity index (χ2v) is 11.3. The van der Waals surface area contributed by atoms with E-state index in [1.807, 2.05) is 48.5 Å². The maximum Gasteiger partial charge on any atom is 0.326 e. The topological polar surface area (TPSA) is 211 Å². The van der Waals surface area contributed by atoms with Crippen LogP contribution in [0.25, 0.3) is 21.8 Å². The summed E-state index contributed by atoms with van der Waals surface area (Å²) in [6, 6.07) is 10.5. The summed E-state index contributed by atoms with van der Waals surface area (Å²) in [5.74, 6) is -4.34. The molecule has 3 amide bonds. The Kier molecular flexibility index (Phi) is 9.48. The van der Waals surface area contributed by atoms with E-state index in [-0.39, 0.29) is 19.3 Å². The number of amides is 3. The van der Waals surface area contributed by atoms with Crippen molar-refractivity contribution in [2.24, 2.45) is 5.73 Å². The number of aromatic nitrogens is 2. The number of benzene rings is 2. The lowest BCUT2D eigenvalue weighted by molar-refractivity contribution is -0.143. The average molecular weight is 617 g/mol. The number of rotatable bonds is 13. The first-order valence-corrected chi connectivity index (χ1v) is 14.8. The van der Waals surface area contributed by atoms with Crippen molar-refractivity contribution in [2.75, 3.05) is 6.54 Å². The van der Waals surface area contributed by atoms with E-state index in [2.05, 4.69) is 20.6 Å². The normalized spacial score (nSPS) is 16.7. The molecule has 1 aliphatic rings. The lowest BCUT2D eigenvalue weighted by Gasteiger charge is -2.28. The number of fused-ring (bicyclic) bond motifs is 2. The summed E-state index contributed by atoms with van der Waals surface area (Å²) >= 11 is 0. The number of para-hydroxylation sites is 2. The first-order chi connectivity index (χ1) is 21.6. The second kappa shape index (κ2) is 13.6. The molecule has 4 atom stereocenters. The van der Waals surface area contributed by atoms with Crippen LogP contribution in [0.5, 0.6) is 0 Å². The fourth-order valence-corrected chi connectivity index (χ4v) is 5.94. The van der Waals surface area contributed by atoms with Gasteiger partial charge in [-0.1, -0.05) is 36.4 Å². The van der Waals surface area contributed by atoms with Crippen molar-refractivity contribution < 1.29 is 34.2 Å². The highest BCUT2D eigenvalue weighted by Gasteiger charge is 2.38. The van der Waals surface area contributed by atoms with Gasteiger partial charge >= 0.3 is 11.9 Å². The zero-order valence-electron chi connectivity index (χ0n) is 24.5. The highest BCUT2D eigenvalue weighted by molar-refractivity contribution is 5.95. The average Bonchev–Trinajstić information content (AvgIpc) is 3.77. The van der Waals surface area contributed by atoms with E-state index in [4.69, 9.17) is 5.73 Å². The van der Waals surface area contributed by atoms with Gasteiger partial charge in [0.1, 0.15) is 18.1 Å². The molecule has 0 aliphatic carbocycles. The minimum absolute atomic E-state index is 0.0378. The molecule has 0 saturated carbocycles. The molecule has 4 aromatic rings. The van der Waals surface area contributed by atoms with Gasteiger partial charge in [-0.2, -0.15) is 0 Å². The maximum atomic E-state index is 13.5. The van der Waals surface area contributed by atoms with Crippen LogP contribution in [0.1, 0.15) is 36.8 Å². The van der Waals surface area contributed by atoms with Crippen LogP contribution in [0.3, 0.4) is 0 Å². The first-order valence-electron chi connectivity index (χ1n) is 14.8. The van der Waals surface area contributed by atoms with Crippen molar-refractivity contribution in [3.05, 3.63) is 72.1 Å². The van der Waals surface area contributed by atoms with Gasteiger partial charge in [0.05, 0.1) is 6.04 Å². The molecule has 1 aliphatic heterocycles. The number of nitrogens with two attached hydrogens (primary N) is 1. The van der Waals surface area contributed by atoms with Crippen molar-refractivity contribution in [3.8, 4) is 0 Å². The van der Waals surface area contributed by atoms with Crippen molar-refractivity contribution in [1.82, 2.24) is 25.5 Å². The predicted octanol–water partition coefficient (Wildman–Crippen LogP) is 1.67. The third-order valence-electron chi connectivity index (χ3n) is 8.26. The van der Waals surface area contributed by atoms with Crippen LogP contribution in [-0.4, -0.2) is 85.5 Å². The standard InChI is InChI=1S/C32H36N6O7/c33-22(14-18-16-34-23-8-3-1-6-20(18)23)31(43)38-13-5-10-27(38)30(42)36-25(11-12-28(39)40)29(41)37-26(32(44)45)15-19-17-35-24-9-4-2-7-21(19)24/h1-4,6-9,16-17,22,25-27,34-35H,5,10-15,33H2,(H,36,42)(H,37,41)(H,39,40)(H,44,45). The Morgan fingerprint density at radius 3 is 2.07 bits per heavy atom. The molecule has 236 valence electrons. The zero-order chi connectivity index (χ0) is 32.1. The highest BCUT2D eigenvalue weighted by Crippen LogP contribution is 2.23. The molecule has 13 heteroatoms. The van der Waals surface area contributed by atoms with Gasteiger partial charge in [0.15, 0.2) is 0 Å². The van der Waals surface area contributed by atoms with E-state index in [1.165, 1.54) is 4.90 Å². The fraction of sp³-hybridized carbons (Fsp3) is 0.344. The first kappa shape index (κ1) is 31.3. The number of aliphatic carboxylic acids is 2. The Hall–Kier alpha value is -5.17. The van der Waals surface area contributed by atoms with Crippen molar-refractivity contribution in [1.29, 1.82) is 0 Å². The van der Waals surface area contributed by atoms with E-state index in [0.717, 1.165) is 27.4 Å². The summed E-state index contributed by atoms with van der Waals surface area (Å²) in [5, 5.41) is 26.0. The zero-order valence-corrected chi connectivity index (χ0v) is 24.5. The molecule has 4 unspecified atom stereocenters. The van der Waals surface area contributed by atoms with Gasteiger partial charge in [-0.05, 0) is 48.9 Å². The largest absolute Gasteiger partial charge is 0.481 e. The quantitative estimate of drug-likeness (QED) is 0.117. The van der Waals surface area contributed by atoms with Gasteiger partial charge < -0.3 is 41.4 Å². The van der Waals surface area contributed by atoms with Crippen LogP contribution in [0.2, 0.25) is 0 Å². The van der Waals surface area contributed by atoms with Crippen LogP contribution in [0, 0.1) is 0 Å². The number of nitrogens with one attached hydrogen (secondary N) is 4. The van der Waals surface area contributed by atoms with Crippen LogP contribution >= 0.6 is 0 Å². The van der Waals surface area contributed by atoms with Gasteiger partial charge in [0.25, 0.3) is 0 Å². The van der Waals surface area contributed by atoms with Crippen LogP contribution in [-0.2, 0) is 36.8 Å². The highest BCUT2D eigenvalue weighted by atomic mass is 16.4. The third kappa shape index (κ3) is 7.15. The number of carboxylic acids is 2. The fourth-order valence-electron chi connectivity index (χ4n) is 5.94. The molecule has 8 N–H and O–H groups in total. The van der Waals surface area contributed by atoms with Gasteiger partial charge in [0, 0.05) is 53.6 Å². The van der Waals surface area contributed by atoms with E-state index < -0.39 is 60.2 Å². The Bertz CT molecular complexity index is 1730. The summed E-state index contributed by atoms with van der Waals surface area (Å²) < 4.78 is 0. The number of carbonyl (C=O) groups excluding carboxylic acids is 3. The Morgan fingerprint density at radius 1 is 0.867 bits per heavy atom. The molecule has 1 saturated heterocycles. The number of H-pyrrole nitrogens is 2. The molecule has 2 aromatic carbocycles. The lowest BCUT2D eigenvalue weighted by Crippen LogP contribution is -2.57. The van der Waals surface area contributed by atoms with E-state index in [0.29, 0.717) is 24.9 Å². The second-order valence-electron chi connectivity index (χ2n) is 11.3. The molecule has 1 fully saturated rings. The molecular weight excluding hydrogens is 580 g/mol. The van der Waals surface area contributed by atoms with Gasteiger partial charge in [-0.3, -0.25) is 19.2 Å². The Balaban J connectivity index is 1.26. The SMILES string of the molecule is NC(Cc1c[nH]c2ccccc12)C(=O)N1CCCC1C(=O)NC(CCC(=O)O)C(=O)NC(Cc1c[nH]c2ccccc12)C(=O)O. The molecule has 2 aromatic heterocycles. The number of hydrogen-bond donors (Lipinski definition) is 7. The van der Waals surface area contributed by atoms with Crippen LogP contribution in [0.4, 0.5) is 0 Å². The number of nitrogens with zero attached hydrogens (tertiary/aromatic N) is 1. The predicted molar refractivity (Wildman–Crippen MR) is 165 cm³/mol. The Morgan fingerprint density at radius 2 is 1.47 bits per heavy atom. The lowest BCUT2D eigenvalue weighted by atomic mass is 10.0. The number of hydrogen-bond acceptors (Lipinski definition) is 6.